The van der Waals surface area contributed by atoms with E-state index in [0.29, 0.717) is 28.6 Å². The molecule has 190 valence electrons. The molecule has 0 saturated carbocycles. The Balaban J connectivity index is 1.31. The largest absolute Gasteiger partial charge is 0.480 e. The van der Waals surface area contributed by atoms with Crippen molar-refractivity contribution in [2.45, 2.75) is 25.3 Å². The Morgan fingerprint density at radius 2 is 1.86 bits per heavy atom. The number of rotatable bonds is 7. The van der Waals surface area contributed by atoms with Crippen molar-refractivity contribution in [2.24, 2.45) is 5.92 Å². The number of imidazole rings is 1. The van der Waals surface area contributed by atoms with Crippen molar-refractivity contribution in [3.8, 4) is 11.1 Å². The van der Waals surface area contributed by atoms with Gasteiger partial charge < -0.3 is 20.3 Å². The highest BCUT2D eigenvalue weighted by atomic mass is 35.5. The molecule has 9 heteroatoms. The van der Waals surface area contributed by atoms with Gasteiger partial charge in [-0.05, 0) is 54.3 Å². The standard InChI is InChI=1S/C28H26Cl2N4O3/c29-19-11-12-22(30)21(15-19)20-8-2-1-6-17(20)14-25(27(36)37)31-26(35)18-7-5-13-34(16-18)28-32-23-9-3-4-10-24(23)33-28/h1-4,6,8-12,15,18,25H,5,7,13-14,16H2,(H,31,35)(H,32,33)(H,36,37)/t18?,25-/m0/s1. The third kappa shape index (κ3) is 5.58. The molecule has 1 aromatic heterocycles. The zero-order valence-corrected chi connectivity index (χ0v) is 21.5. The van der Waals surface area contributed by atoms with Gasteiger partial charge in [-0.25, -0.2) is 9.78 Å². The summed E-state index contributed by atoms with van der Waals surface area (Å²) in [7, 11) is 0. The Kier molecular flexibility index (Phi) is 7.35. The highest BCUT2D eigenvalue weighted by molar-refractivity contribution is 6.35. The Hall–Kier alpha value is -3.55. The number of benzene rings is 3. The summed E-state index contributed by atoms with van der Waals surface area (Å²) >= 11 is 12.6. The molecule has 3 aromatic carbocycles. The molecule has 0 radical (unpaired) electrons. The van der Waals surface area contributed by atoms with Crippen LogP contribution in [-0.2, 0) is 16.0 Å². The van der Waals surface area contributed by atoms with Crippen molar-refractivity contribution in [2.75, 3.05) is 18.0 Å². The molecule has 0 aliphatic carbocycles. The van der Waals surface area contributed by atoms with Gasteiger partial charge in [-0.2, -0.15) is 0 Å². The fourth-order valence-corrected chi connectivity index (χ4v) is 5.24. The first-order valence-corrected chi connectivity index (χ1v) is 12.9. The summed E-state index contributed by atoms with van der Waals surface area (Å²) in [6, 6.07) is 19.3. The predicted octanol–water partition coefficient (Wildman–Crippen LogP) is 5.57. The van der Waals surface area contributed by atoms with Crippen LogP contribution in [0.4, 0.5) is 5.95 Å². The predicted molar refractivity (Wildman–Crippen MR) is 146 cm³/mol. The number of para-hydroxylation sites is 2. The monoisotopic (exact) mass is 536 g/mol. The minimum atomic E-state index is -1.09. The van der Waals surface area contributed by atoms with Crippen molar-refractivity contribution >= 4 is 52.1 Å². The summed E-state index contributed by atoms with van der Waals surface area (Å²) in [5, 5.41) is 13.8. The Morgan fingerprint density at radius 3 is 2.68 bits per heavy atom. The summed E-state index contributed by atoms with van der Waals surface area (Å²) in [4.78, 5) is 35.4. The van der Waals surface area contributed by atoms with Crippen molar-refractivity contribution < 1.29 is 14.7 Å². The molecule has 2 atom stereocenters. The number of aliphatic carboxylic acids is 1. The van der Waals surface area contributed by atoms with Gasteiger partial charge in [0, 0.05) is 35.1 Å². The molecule has 1 unspecified atom stereocenters. The average molecular weight is 537 g/mol. The molecule has 1 saturated heterocycles. The van der Waals surface area contributed by atoms with E-state index in [1.54, 1.807) is 18.2 Å². The quantitative estimate of drug-likeness (QED) is 0.287. The minimum Gasteiger partial charge on any atom is -0.480 e. The van der Waals surface area contributed by atoms with E-state index in [0.717, 1.165) is 41.1 Å². The molecule has 1 fully saturated rings. The van der Waals surface area contributed by atoms with Crippen molar-refractivity contribution in [1.29, 1.82) is 0 Å². The minimum absolute atomic E-state index is 0.111. The number of amides is 1. The molecule has 3 N–H and O–H groups in total. The van der Waals surface area contributed by atoms with E-state index in [1.807, 2.05) is 48.5 Å². The lowest BCUT2D eigenvalue weighted by Gasteiger charge is -2.32. The average Bonchev–Trinajstić information content (AvgIpc) is 3.34. The van der Waals surface area contributed by atoms with Crippen LogP contribution in [0.2, 0.25) is 10.0 Å². The van der Waals surface area contributed by atoms with E-state index in [2.05, 4.69) is 20.2 Å². The normalized spacial score (nSPS) is 16.5. The van der Waals surface area contributed by atoms with E-state index in [4.69, 9.17) is 23.2 Å². The summed E-state index contributed by atoms with van der Waals surface area (Å²) in [6.07, 6.45) is 1.60. The van der Waals surface area contributed by atoms with Crippen LogP contribution in [0, 0.1) is 5.92 Å². The number of fused-ring (bicyclic) bond motifs is 1. The first-order valence-electron chi connectivity index (χ1n) is 12.2. The molecular formula is C28H26Cl2N4O3. The van der Waals surface area contributed by atoms with Crippen LogP contribution in [0.3, 0.4) is 0 Å². The fourth-order valence-electron chi connectivity index (χ4n) is 4.85. The summed E-state index contributed by atoms with van der Waals surface area (Å²) in [5.41, 5.74) is 4.06. The van der Waals surface area contributed by atoms with Gasteiger partial charge in [-0.3, -0.25) is 4.79 Å². The zero-order chi connectivity index (χ0) is 25.9. The second-order valence-electron chi connectivity index (χ2n) is 9.25. The number of nitrogens with one attached hydrogen (secondary N) is 2. The summed E-state index contributed by atoms with van der Waals surface area (Å²) < 4.78 is 0. The Morgan fingerprint density at radius 1 is 1.08 bits per heavy atom. The van der Waals surface area contributed by atoms with Gasteiger partial charge in [-0.15, -0.1) is 0 Å². The van der Waals surface area contributed by atoms with Crippen LogP contribution in [-0.4, -0.2) is 46.1 Å². The zero-order valence-electron chi connectivity index (χ0n) is 20.0. The number of aromatic nitrogens is 2. The van der Waals surface area contributed by atoms with Crippen LogP contribution in [0.25, 0.3) is 22.2 Å². The van der Waals surface area contributed by atoms with Gasteiger partial charge in [0.1, 0.15) is 6.04 Å². The molecule has 1 aliphatic rings. The number of carboxylic acid groups (broad SMARTS) is 1. The van der Waals surface area contributed by atoms with Gasteiger partial charge in [0.2, 0.25) is 11.9 Å². The topological polar surface area (TPSA) is 98.3 Å². The van der Waals surface area contributed by atoms with Crippen molar-refractivity contribution in [1.82, 2.24) is 15.3 Å². The second-order valence-corrected chi connectivity index (χ2v) is 10.1. The van der Waals surface area contributed by atoms with Crippen LogP contribution < -0.4 is 10.2 Å². The maximum Gasteiger partial charge on any atom is 0.326 e. The van der Waals surface area contributed by atoms with Crippen molar-refractivity contribution in [3.63, 3.8) is 0 Å². The highest BCUT2D eigenvalue weighted by Gasteiger charge is 2.31. The molecule has 1 amide bonds. The fraction of sp³-hybridized carbons (Fsp3) is 0.250. The van der Waals surface area contributed by atoms with E-state index >= 15 is 0 Å². The van der Waals surface area contributed by atoms with Gasteiger partial charge in [0.25, 0.3) is 0 Å². The van der Waals surface area contributed by atoms with Crippen LogP contribution in [0.1, 0.15) is 18.4 Å². The van der Waals surface area contributed by atoms with Gasteiger partial charge >= 0.3 is 5.97 Å². The Bertz CT molecular complexity index is 1420. The number of hydrogen-bond acceptors (Lipinski definition) is 4. The molecule has 7 nitrogen and oxygen atoms in total. The molecule has 0 bridgehead atoms. The summed E-state index contributed by atoms with van der Waals surface area (Å²) in [5.74, 6) is -0.987. The maximum absolute atomic E-state index is 13.2. The lowest BCUT2D eigenvalue weighted by atomic mass is 9.93. The number of hydrogen-bond donors (Lipinski definition) is 3. The molecule has 2 heterocycles. The SMILES string of the molecule is O=C(N[C@@H](Cc1ccccc1-c1cc(Cl)ccc1Cl)C(=O)O)C1CCCN(c2nc3ccccc3[nH]2)C1. The lowest BCUT2D eigenvalue weighted by molar-refractivity contribution is -0.142. The third-order valence-electron chi connectivity index (χ3n) is 6.74. The first kappa shape index (κ1) is 25.1. The number of aromatic amines is 1. The highest BCUT2D eigenvalue weighted by Crippen LogP contribution is 2.33. The van der Waals surface area contributed by atoms with Crippen LogP contribution >= 0.6 is 23.2 Å². The van der Waals surface area contributed by atoms with Crippen molar-refractivity contribution in [3.05, 3.63) is 82.3 Å². The molecule has 5 rings (SSSR count). The number of H-pyrrole nitrogens is 1. The number of anilines is 1. The molecule has 0 spiro atoms. The number of carbonyl (C=O) groups excluding carboxylic acids is 1. The molecule has 1 aliphatic heterocycles. The maximum atomic E-state index is 13.2. The second kappa shape index (κ2) is 10.8. The van der Waals surface area contributed by atoms with Crippen LogP contribution in [0.5, 0.6) is 0 Å². The van der Waals surface area contributed by atoms with E-state index in [1.165, 1.54) is 0 Å². The van der Waals surface area contributed by atoms with E-state index < -0.39 is 12.0 Å². The Labute approximate surface area is 224 Å². The third-order valence-corrected chi connectivity index (χ3v) is 7.31. The number of piperidine rings is 1. The number of nitrogens with zero attached hydrogens (tertiary/aromatic N) is 2. The molecule has 4 aromatic rings. The number of carbonyl (C=O) groups is 2. The molecular weight excluding hydrogens is 511 g/mol. The summed E-state index contributed by atoms with van der Waals surface area (Å²) in [6.45, 7) is 1.24. The first-order chi connectivity index (χ1) is 17.9. The lowest BCUT2D eigenvalue weighted by Crippen LogP contribution is -2.49. The smallest absolute Gasteiger partial charge is 0.326 e. The van der Waals surface area contributed by atoms with Gasteiger partial charge in [0.05, 0.1) is 17.0 Å². The van der Waals surface area contributed by atoms with Gasteiger partial charge in [0.15, 0.2) is 0 Å². The number of halogens is 2. The molecule has 37 heavy (non-hydrogen) atoms. The van der Waals surface area contributed by atoms with Crippen LogP contribution in [0.15, 0.2) is 66.7 Å². The number of carboxylic acids is 1. The van der Waals surface area contributed by atoms with Gasteiger partial charge in [-0.1, -0.05) is 59.6 Å². The van der Waals surface area contributed by atoms with E-state index in [-0.39, 0.29) is 18.2 Å². The van der Waals surface area contributed by atoms with E-state index in [9.17, 15) is 14.7 Å².